The Balaban J connectivity index is 2.67. The van der Waals surface area contributed by atoms with Gasteiger partial charge in [-0.1, -0.05) is 13.3 Å². The molecule has 8 heteroatoms. The number of nitrogen functional groups attached to an aromatic ring is 1. The van der Waals surface area contributed by atoms with E-state index in [4.69, 9.17) is 5.84 Å². The second kappa shape index (κ2) is 7.25. The molecule has 0 aliphatic carbocycles. The van der Waals surface area contributed by atoms with Gasteiger partial charge >= 0.3 is 0 Å². The number of anilines is 2. The molecule has 0 radical (unpaired) electrons. The van der Waals surface area contributed by atoms with Crippen LogP contribution in [0.2, 0.25) is 0 Å². The Morgan fingerprint density at radius 2 is 2.00 bits per heavy atom. The van der Waals surface area contributed by atoms with E-state index in [-0.39, 0.29) is 5.75 Å². The summed E-state index contributed by atoms with van der Waals surface area (Å²) in [5.41, 5.74) is 3.47. The van der Waals surface area contributed by atoms with Gasteiger partial charge in [0.1, 0.15) is 27.8 Å². The highest BCUT2D eigenvalue weighted by Crippen LogP contribution is 2.20. The van der Waals surface area contributed by atoms with Gasteiger partial charge in [-0.15, -0.1) is 0 Å². The van der Waals surface area contributed by atoms with Gasteiger partial charge in [-0.2, -0.15) is 0 Å². The van der Waals surface area contributed by atoms with Gasteiger partial charge in [0.15, 0.2) is 0 Å². The molecule has 0 saturated heterocycles. The molecule has 1 heterocycles. The third kappa shape index (κ3) is 5.39. The molecule has 108 valence electrons. The molecule has 4 N–H and O–H groups in total. The lowest BCUT2D eigenvalue weighted by Crippen LogP contribution is -2.15. The van der Waals surface area contributed by atoms with Crippen molar-refractivity contribution in [1.29, 1.82) is 0 Å². The molecular formula is C11H21N5O2S. The molecule has 0 spiro atoms. The summed E-state index contributed by atoms with van der Waals surface area (Å²) in [6.45, 7) is 2.60. The Bertz CT molecular complexity index is 504. The van der Waals surface area contributed by atoms with E-state index < -0.39 is 9.84 Å². The van der Waals surface area contributed by atoms with Crippen molar-refractivity contribution in [2.75, 3.05) is 29.3 Å². The number of hydrazine groups is 1. The van der Waals surface area contributed by atoms with Crippen molar-refractivity contribution in [2.45, 2.75) is 26.2 Å². The first kappa shape index (κ1) is 15.6. The van der Waals surface area contributed by atoms with E-state index in [0.717, 1.165) is 18.4 Å². The zero-order valence-corrected chi connectivity index (χ0v) is 12.1. The molecule has 1 aromatic rings. The monoisotopic (exact) mass is 287 g/mol. The molecule has 1 rings (SSSR count). The van der Waals surface area contributed by atoms with Gasteiger partial charge in [0.25, 0.3) is 0 Å². The number of rotatable bonds is 8. The van der Waals surface area contributed by atoms with Gasteiger partial charge in [0.2, 0.25) is 0 Å². The third-order valence-electron chi connectivity index (χ3n) is 2.57. The highest BCUT2D eigenvalue weighted by atomic mass is 32.2. The standard InChI is InChI=1S/C11H21N5O2S/c1-3-5-9-10(14-8-15-11(9)16-12)13-6-4-7-19(2,17)18/h8H,3-7,12H2,1-2H3,(H2,13,14,15,16). The molecular weight excluding hydrogens is 266 g/mol. The molecule has 19 heavy (non-hydrogen) atoms. The number of aromatic nitrogens is 2. The summed E-state index contributed by atoms with van der Waals surface area (Å²) in [6, 6.07) is 0. The minimum atomic E-state index is -2.92. The summed E-state index contributed by atoms with van der Waals surface area (Å²) in [5.74, 6) is 6.88. The van der Waals surface area contributed by atoms with Crippen LogP contribution in [0.5, 0.6) is 0 Å². The third-order valence-corrected chi connectivity index (χ3v) is 3.60. The fraction of sp³-hybridized carbons (Fsp3) is 0.636. The normalized spacial score (nSPS) is 11.3. The molecule has 0 aromatic carbocycles. The van der Waals surface area contributed by atoms with Crippen molar-refractivity contribution in [3.8, 4) is 0 Å². The van der Waals surface area contributed by atoms with E-state index in [2.05, 4.69) is 27.6 Å². The SMILES string of the molecule is CCCc1c(NN)ncnc1NCCCS(C)(=O)=O. The van der Waals surface area contributed by atoms with Crippen LogP contribution in [-0.2, 0) is 16.3 Å². The van der Waals surface area contributed by atoms with E-state index in [1.807, 2.05) is 0 Å². The molecule has 0 amide bonds. The summed E-state index contributed by atoms with van der Waals surface area (Å²) in [7, 11) is -2.92. The summed E-state index contributed by atoms with van der Waals surface area (Å²) in [5, 5.41) is 3.13. The highest BCUT2D eigenvalue weighted by Gasteiger charge is 2.09. The van der Waals surface area contributed by atoms with Crippen LogP contribution in [0.15, 0.2) is 6.33 Å². The zero-order chi connectivity index (χ0) is 14.3. The second-order valence-electron chi connectivity index (χ2n) is 4.35. The molecule has 0 atom stereocenters. The van der Waals surface area contributed by atoms with Gasteiger partial charge in [-0.25, -0.2) is 24.2 Å². The predicted molar refractivity (Wildman–Crippen MR) is 76.7 cm³/mol. The van der Waals surface area contributed by atoms with Gasteiger partial charge in [-0.05, 0) is 12.8 Å². The molecule has 0 bridgehead atoms. The number of nitrogens with one attached hydrogen (secondary N) is 2. The quantitative estimate of drug-likeness (QED) is 0.364. The van der Waals surface area contributed by atoms with E-state index >= 15 is 0 Å². The van der Waals surface area contributed by atoms with Crippen molar-refractivity contribution < 1.29 is 8.42 Å². The Labute approximate surface area is 113 Å². The van der Waals surface area contributed by atoms with Gasteiger partial charge in [0.05, 0.1) is 5.75 Å². The van der Waals surface area contributed by atoms with E-state index in [1.54, 1.807) is 0 Å². The maximum atomic E-state index is 11.0. The molecule has 0 aliphatic rings. The van der Waals surface area contributed by atoms with Crippen LogP contribution >= 0.6 is 0 Å². The van der Waals surface area contributed by atoms with Gasteiger partial charge in [-0.3, -0.25) is 0 Å². The molecule has 1 aromatic heterocycles. The zero-order valence-electron chi connectivity index (χ0n) is 11.3. The molecule has 0 saturated carbocycles. The van der Waals surface area contributed by atoms with Crippen molar-refractivity contribution >= 4 is 21.5 Å². The predicted octanol–water partition coefficient (Wildman–Crippen LogP) is 0.561. The van der Waals surface area contributed by atoms with Crippen LogP contribution < -0.4 is 16.6 Å². The van der Waals surface area contributed by atoms with Crippen molar-refractivity contribution in [1.82, 2.24) is 9.97 Å². The van der Waals surface area contributed by atoms with Crippen LogP contribution in [-0.4, -0.2) is 36.9 Å². The minimum Gasteiger partial charge on any atom is -0.370 e. The van der Waals surface area contributed by atoms with Crippen molar-refractivity contribution in [3.05, 3.63) is 11.9 Å². The fourth-order valence-corrected chi connectivity index (χ4v) is 2.39. The number of hydrogen-bond acceptors (Lipinski definition) is 7. The average molecular weight is 287 g/mol. The fourth-order valence-electron chi connectivity index (χ4n) is 1.72. The Hall–Kier alpha value is -1.41. The van der Waals surface area contributed by atoms with E-state index in [1.165, 1.54) is 12.6 Å². The first-order chi connectivity index (χ1) is 8.98. The summed E-state index contributed by atoms with van der Waals surface area (Å²) >= 11 is 0. The smallest absolute Gasteiger partial charge is 0.148 e. The largest absolute Gasteiger partial charge is 0.370 e. The van der Waals surface area contributed by atoms with Crippen LogP contribution in [0.25, 0.3) is 0 Å². The van der Waals surface area contributed by atoms with Crippen molar-refractivity contribution in [2.24, 2.45) is 5.84 Å². The lowest BCUT2D eigenvalue weighted by molar-refractivity contribution is 0.600. The molecule has 0 aliphatic heterocycles. The first-order valence-corrected chi connectivity index (χ1v) is 8.26. The Morgan fingerprint density at radius 3 is 2.58 bits per heavy atom. The summed E-state index contributed by atoms with van der Waals surface area (Å²) in [4.78, 5) is 8.23. The topological polar surface area (TPSA) is 110 Å². The van der Waals surface area contributed by atoms with Crippen molar-refractivity contribution in [3.63, 3.8) is 0 Å². The average Bonchev–Trinajstić information content (AvgIpc) is 2.35. The Morgan fingerprint density at radius 1 is 1.32 bits per heavy atom. The number of sulfone groups is 1. The molecule has 7 nitrogen and oxygen atoms in total. The van der Waals surface area contributed by atoms with E-state index in [0.29, 0.717) is 24.6 Å². The van der Waals surface area contributed by atoms with Gasteiger partial charge < -0.3 is 10.7 Å². The number of nitrogens with two attached hydrogens (primary N) is 1. The van der Waals surface area contributed by atoms with Crippen LogP contribution in [0.4, 0.5) is 11.6 Å². The lowest BCUT2D eigenvalue weighted by Gasteiger charge is -2.13. The number of nitrogens with zero attached hydrogens (tertiary/aromatic N) is 2. The lowest BCUT2D eigenvalue weighted by atomic mass is 10.1. The first-order valence-electron chi connectivity index (χ1n) is 6.20. The van der Waals surface area contributed by atoms with Crippen LogP contribution in [0.3, 0.4) is 0 Å². The maximum absolute atomic E-state index is 11.0. The Kier molecular flexibility index (Phi) is 5.97. The second-order valence-corrected chi connectivity index (χ2v) is 6.61. The molecule has 0 fully saturated rings. The number of hydrogen-bond donors (Lipinski definition) is 3. The van der Waals surface area contributed by atoms with Gasteiger partial charge in [0, 0.05) is 18.4 Å². The minimum absolute atomic E-state index is 0.163. The van der Waals surface area contributed by atoms with E-state index in [9.17, 15) is 8.42 Å². The molecule has 0 unspecified atom stereocenters. The van der Waals surface area contributed by atoms with Crippen LogP contribution in [0.1, 0.15) is 25.3 Å². The van der Waals surface area contributed by atoms with Crippen LogP contribution in [0, 0.1) is 0 Å². The highest BCUT2D eigenvalue weighted by molar-refractivity contribution is 7.90. The summed E-state index contributed by atoms with van der Waals surface area (Å²) in [6.07, 6.45) is 4.94. The maximum Gasteiger partial charge on any atom is 0.148 e. The summed E-state index contributed by atoms with van der Waals surface area (Å²) < 4.78 is 22.1.